The summed E-state index contributed by atoms with van der Waals surface area (Å²) in [6.45, 7) is 2.00. The number of pyridine rings is 1. The minimum Gasteiger partial charge on any atom is -0.457 e. The van der Waals surface area contributed by atoms with Crippen molar-refractivity contribution < 1.29 is 9.13 Å². The third kappa shape index (κ3) is 5.95. The van der Waals surface area contributed by atoms with Gasteiger partial charge in [-0.25, -0.2) is 9.37 Å². The van der Waals surface area contributed by atoms with Gasteiger partial charge in [0.15, 0.2) is 0 Å². The van der Waals surface area contributed by atoms with Gasteiger partial charge in [-0.3, -0.25) is 4.79 Å². The molecule has 5 rings (SSSR count). The third-order valence-corrected chi connectivity index (χ3v) is 6.48. The second kappa shape index (κ2) is 11.2. The van der Waals surface area contributed by atoms with Crippen LogP contribution in [0.25, 0.3) is 10.9 Å². The SMILES string of the molecule is CN1CCC(Nc2nc(Nc3cccc(Oc4cccc(F)c4)c3)c3c(=O)[nH]cc(Br)c3n2)CC1.Cl. The maximum Gasteiger partial charge on any atom is 0.261 e. The van der Waals surface area contributed by atoms with Gasteiger partial charge in [-0.2, -0.15) is 4.98 Å². The monoisotopic (exact) mass is 574 g/mol. The number of piperidine rings is 1. The van der Waals surface area contributed by atoms with Gasteiger partial charge in [0.25, 0.3) is 5.56 Å². The Morgan fingerprint density at radius 3 is 2.58 bits per heavy atom. The predicted molar refractivity (Wildman–Crippen MR) is 145 cm³/mol. The molecule has 3 N–H and O–H groups in total. The van der Waals surface area contributed by atoms with Crippen molar-refractivity contribution in [1.82, 2.24) is 19.9 Å². The molecule has 0 unspecified atom stereocenters. The number of benzene rings is 2. The van der Waals surface area contributed by atoms with Crippen LogP contribution in [0.1, 0.15) is 12.8 Å². The molecule has 0 radical (unpaired) electrons. The number of halogens is 3. The van der Waals surface area contributed by atoms with E-state index in [-0.39, 0.29) is 29.8 Å². The number of rotatable bonds is 6. The standard InChI is InChI=1S/C25H24BrFN6O2.ClH/c1-33-10-8-16(9-11-33)30-25-31-22-20(26)14-28-24(34)21(22)23(32-25)29-17-5-3-7-19(13-17)35-18-6-2-4-15(27)12-18;/h2-7,12-14,16H,8-11H2,1H3,(H,28,34)(H2,29,30,31,32);1H. The van der Waals surface area contributed by atoms with Gasteiger partial charge >= 0.3 is 0 Å². The highest BCUT2D eigenvalue weighted by Crippen LogP contribution is 2.30. The molecule has 0 amide bonds. The van der Waals surface area contributed by atoms with E-state index in [1.165, 1.54) is 12.1 Å². The van der Waals surface area contributed by atoms with Crippen molar-refractivity contribution in [3.63, 3.8) is 0 Å². The number of aromatic amines is 1. The number of fused-ring (bicyclic) bond motifs is 1. The lowest BCUT2D eigenvalue weighted by Gasteiger charge is -2.29. The van der Waals surface area contributed by atoms with E-state index in [1.54, 1.807) is 36.5 Å². The first kappa shape index (κ1) is 25.9. The Hall–Kier alpha value is -3.21. The normalized spacial score (nSPS) is 14.3. The molecule has 0 spiro atoms. The lowest BCUT2D eigenvalue weighted by atomic mass is 10.1. The highest BCUT2D eigenvalue weighted by Gasteiger charge is 2.20. The first-order valence-corrected chi connectivity index (χ1v) is 12.1. The molecular formula is C25H25BrClFN6O2. The molecule has 8 nitrogen and oxygen atoms in total. The molecule has 188 valence electrons. The molecule has 4 aromatic rings. The van der Waals surface area contributed by atoms with Crippen LogP contribution in [0.15, 0.2) is 64.0 Å². The maximum absolute atomic E-state index is 13.5. The fourth-order valence-electron chi connectivity index (χ4n) is 4.05. The zero-order chi connectivity index (χ0) is 24.4. The third-order valence-electron chi connectivity index (χ3n) is 5.87. The van der Waals surface area contributed by atoms with Crippen LogP contribution < -0.4 is 20.9 Å². The minimum absolute atomic E-state index is 0. The van der Waals surface area contributed by atoms with E-state index in [2.05, 4.69) is 53.5 Å². The van der Waals surface area contributed by atoms with Crippen molar-refractivity contribution in [3.05, 3.63) is 75.4 Å². The predicted octanol–water partition coefficient (Wildman–Crippen LogP) is 5.68. The van der Waals surface area contributed by atoms with Crippen LogP contribution in [0.2, 0.25) is 0 Å². The second-order valence-corrected chi connectivity index (χ2v) is 9.37. The Morgan fingerprint density at radius 1 is 1.11 bits per heavy atom. The van der Waals surface area contributed by atoms with Crippen LogP contribution in [0.5, 0.6) is 11.5 Å². The number of nitrogens with zero attached hydrogens (tertiary/aromatic N) is 3. The van der Waals surface area contributed by atoms with Crippen molar-refractivity contribution >= 4 is 56.7 Å². The molecule has 0 bridgehead atoms. The summed E-state index contributed by atoms with van der Waals surface area (Å²) in [6, 6.07) is 13.4. The molecule has 2 aromatic heterocycles. The van der Waals surface area contributed by atoms with Gasteiger partial charge in [-0.15, -0.1) is 12.4 Å². The average Bonchev–Trinajstić information content (AvgIpc) is 2.83. The van der Waals surface area contributed by atoms with Crippen LogP contribution in [0.4, 0.5) is 21.8 Å². The average molecular weight is 576 g/mol. The summed E-state index contributed by atoms with van der Waals surface area (Å²) in [5, 5.41) is 7.01. The molecule has 0 saturated carbocycles. The molecular weight excluding hydrogens is 551 g/mol. The van der Waals surface area contributed by atoms with E-state index in [9.17, 15) is 9.18 Å². The van der Waals surface area contributed by atoms with Crippen molar-refractivity contribution in [2.24, 2.45) is 0 Å². The summed E-state index contributed by atoms with van der Waals surface area (Å²) < 4.78 is 20.0. The summed E-state index contributed by atoms with van der Waals surface area (Å²) in [5.74, 6) is 1.35. The Balaban J connectivity index is 0.00000304. The zero-order valence-corrected chi connectivity index (χ0v) is 21.8. The molecule has 1 aliphatic heterocycles. The Morgan fingerprint density at radius 2 is 1.83 bits per heavy atom. The van der Waals surface area contributed by atoms with E-state index >= 15 is 0 Å². The van der Waals surface area contributed by atoms with Crippen molar-refractivity contribution in [3.8, 4) is 11.5 Å². The largest absolute Gasteiger partial charge is 0.457 e. The summed E-state index contributed by atoms with van der Waals surface area (Å²) in [7, 11) is 2.11. The number of hydrogen-bond acceptors (Lipinski definition) is 7. The van der Waals surface area contributed by atoms with Crippen molar-refractivity contribution in [1.29, 1.82) is 0 Å². The van der Waals surface area contributed by atoms with Gasteiger partial charge in [0.05, 0.1) is 9.99 Å². The number of H-pyrrole nitrogens is 1. The van der Waals surface area contributed by atoms with Gasteiger partial charge in [-0.1, -0.05) is 12.1 Å². The number of nitrogens with one attached hydrogen (secondary N) is 3. The van der Waals surface area contributed by atoms with E-state index < -0.39 is 0 Å². The zero-order valence-electron chi connectivity index (χ0n) is 19.4. The first-order valence-electron chi connectivity index (χ1n) is 11.3. The van der Waals surface area contributed by atoms with E-state index in [0.29, 0.717) is 44.3 Å². The molecule has 0 atom stereocenters. The van der Waals surface area contributed by atoms with Crippen LogP contribution in [0.3, 0.4) is 0 Å². The highest BCUT2D eigenvalue weighted by atomic mass is 79.9. The Kier molecular flexibility index (Phi) is 8.07. The Labute approximate surface area is 221 Å². The van der Waals surface area contributed by atoms with Crippen LogP contribution in [-0.2, 0) is 0 Å². The first-order chi connectivity index (χ1) is 16.9. The fourth-order valence-corrected chi connectivity index (χ4v) is 4.45. The van der Waals surface area contributed by atoms with Crippen LogP contribution >= 0.6 is 28.3 Å². The number of aromatic nitrogens is 3. The topological polar surface area (TPSA) is 95.2 Å². The lowest BCUT2D eigenvalue weighted by Crippen LogP contribution is -2.37. The number of anilines is 3. The number of likely N-dealkylation sites (tertiary alicyclic amines) is 1. The smallest absolute Gasteiger partial charge is 0.261 e. The quantitative estimate of drug-likeness (QED) is 0.272. The fraction of sp³-hybridized carbons (Fsp3) is 0.240. The summed E-state index contributed by atoms with van der Waals surface area (Å²) >= 11 is 3.50. The van der Waals surface area contributed by atoms with Gasteiger partial charge < -0.3 is 25.3 Å². The van der Waals surface area contributed by atoms with E-state index in [1.807, 2.05) is 6.07 Å². The van der Waals surface area contributed by atoms with Crippen molar-refractivity contribution in [2.75, 3.05) is 30.8 Å². The molecule has 11 heteroatoms. The van der Waals surface area contributed by atoms with Gasteiger partial charge in [0.1, 0.15) is 28.5 Å². The van der Waals surface area contributed by atoms with Crippen LogP contribution in [0, 0.1) is 5.82 Å². The summed E-state index contributed by atoms with van der Waals surface area (Å²) in [5.41, 5.74) is 0.862. The molecule has 36 heavy (non-hydrogen) atoms. The lowest BCUT2D eigenvalue weighted by molar-refractivity contribution is 0.263. The molecule has 1 aliphatic rings. The molecule has 1 fully saturated rings. The van der Waals surface area contributed by atoms with E-state index in [0.717, 1.165) is 25.9 Å². The van der Waals surface area contributed by atoms with Gasteiger partial charge in [0.2, 0.25) is 5.95 Å². The summed E-state index contributed by atoms with van der Waals surface area (Å²) in [6.07, 6.45) is 3.54. The second-order valence-electron chi connectivity index (χ2n) is 8.52. The molecule has 0 aliphatic carbocycles. The van der Waals surface area contributed by atoms with Crippen LogP contribution in [-0.4, -0.2) is 46.0 Å². The molecule has 3 heterocycles. The molecule has 2 aromatic carbocycles. The van der Waals surface area contributed by atoms with Gasteiger partial charge in [0, 0.05) is 30.1 Å². The van der Waals surface area contributed by atoms with Crippen molar-refractivity contribution in [2.45, 2.75) is 18.9 Å². The summed E-state index contributed by atoms with van der Waals surface area (Å²) in [4.78, 5) is 27.0. The number of ether oxygens (including phenoxy) is 1. The maximum atomic E-state index is 13.5. The Bertz CT molecular complexity index is 1430. The highest BCUT2D eigenvalue weighted by molar-refractivity contribution is 9.10. The van der Waals surface area contributed by atoms with Gasteiger partial charge in [-0.05, 0) is 73.2 Å². The number of hydrogen-bond donors (Lipinski definition) is 3. The minimum atomic E-state index is -0.376. The van der Waals surface area contributed by atoms with E-state index in [4.69, 9.17) is 4.74 Å². The molecule has 1 saturated heterocycles.